The number of amides is 1. The molecule has 4 rings (SSSR count). The molecular formula is C21H21N3O5. The molecule has 0 unspecified atom stereocenters. The fraction of sp³-hybridized carbons (Fsp3) is 0.333. The molecule has 2 aromatic heterocycles. The number of nitrogens with one attached hydrogen (secondary N) is 1. The van der Waals surface area contributed by atoms with Crippen LogP contribution in [-0.4, -0.2) is 35.2 Å². The largest absolute Gasteiger partial charge is 0.461 e. The average Bonchev–Trinajstić information content (AvgIpc) is 3.13. The van der Waals surface area contributed by atoms with Gasteiger partial charge in [0.1, 0.15) is 0 Å². The van der Waals surface area contributed by atoms with E-state index in [-0.39, 0.29) is 30.8 Å². The molecule has 1 saturated carbocycles. The molecule has 150 valence electrons. The lowest BCUT2D eigenvalue weighted by molar-refractivity contribution is -0.148. The maximum absolute atomic E-state index is 12.0. The van der Waals surface area contributed by atoms with Gasteiger partial charge in [0.15, 0.2) is 12.4 Å². The summed E-state index contributed by atoms with van der Waals surface area (Å²) < 4.78 is 15.3. The number of carbonyl (C=O) groups excluding carboxylic acids is 2. The molecule has 1 aromatic carbocycles. The number of aromatic nitrogens is 2. The Labute approximate surface area is 167 Å². The second-order valence-electron chi connectivity index (χ2n) is 7.07. The quantitative estimate of drug-likeness (QED) is 0.555. The van der Waals surface area contributed by atoms with Gasteiger partial charge >= 0.3 is 5.97 Å². The van der Waals surface area contributed by atoms with Gasteiger partial charge in [-0.05, 0) is 30.5 Å². The van der Waals surface area contributed by atoms with Crippen LogP contribution in [0.3, 0.4) is 0 Å². The van der Waals surface area contributed by atoms with Gasteiger partial charge in [-0.1, -0.05) is 35.5 Å². The Balaban J connectivity index is 1.17. The van der Waals surface area contributed by atoms with Crippen molar-refractivity contribution in [3.8, 4) is 11.6 Å². The van der Waals surface area contributed by atoms with Gasteiger partial charge in [-0.25, -0.2) is 0 Å². The molecule has 0 bridgehead atoms. The Kier molecular flexibility index (Phi) is 5.41. The van der Waals surface area contributed by atoms with Gasteiger partial charge in [0, 0.05) is 18.4 Å². The number of esters is 1. The van der Waals surface area contributed by atoms with Gasteiger partial charge in [-0.15, -0.1) is 0 Å². The van der Waals surface area contributed by atoms with E-state index in [4.69, 9.17) is 13.7 Å². The Hall–Kier alpha value is -3.42. The molecule has 1 aliphatic rings. The lowest BCUT2D eigenvalue weighted by Crippen LogP contribution is -2.35. The summed E-state index contributed by atoms with van der Waals surface area (Å²) in [6, 6.07) is 13.6. The van der Waals surface area contributed by atoms with E-state index in [1.165, 1.54) is 11.8 Å². The minimum atomic E-state index is -0.498. The lowest BCUT2D eigenvalue weighted by atomic mass is 9.96. The molecule has 8 heteroatoms. The van der Waals surface area contributed by atoms with Gasteiger partial charge < -0.3 is 19.0 Å². The molecule has 1 N–H and O–H groups in total. The Morgan fingerprint density at radius 1 is 1.14 bits per heavy atom. The predicted octanol–water partition coefficient (Wildman–Crippen LogP) is 2.65. The number of ether oxygens (including phenoxy) is 1. The highest BCUT2D eigenvalue weighted by Gasteiger charge is 2.44. The molecule has 3 aromatic rings. The fourth-order valence-corrected chi connectivity index (χ4v) is 3.12. The van der Waals surface area contributed by atoms with Crippen LogP contribution in [0.5, 0.6) is 0 Å². The van der Waals surface area contributed by atoms with Crippen LogP contribution in [0.15, 0.2) is 57.7 Å². The molecule has 0 atom stereocenters. The van der Waals surface area contributed by atoms with Crippen LogP contribution in [0.2, 0.25) is 0 Å². The number of hydrogen-bond donors (Lipinski definition) is 1. The third kappa shape index (κ3) is 4.71. The van der Waals surface area contributed by atoms with E-state index < -0.39 is 5.97 Å². The van der Waals surface area contributed by atoms with E-state index >= 15 is 0 Å². The van der Waals surface area contributed by atoms with Gasteiger partial charge in [0.2, 0.25) is 11.7 Å². The molecule has 0 radical (unpaired) electrons. The van der Waals surface area contributed by atoms with Crippen LogP contribution in [0.1, 0.15) is 30.7 Å². The minimum Gasteiger partial charge on any atom is -0.461 e. The summed E-state index contributed by atoms with van der Waals surface area (Å²) in [6.07, 6.45) is 3.87. The third-order valence-electron chi connectivity index (χ3n) is 4.98. The first-order chi connectivity index (χ1) is 14.1. The smallest absolute Gasteiger partial charge is 0.306 e. The van der Waals surface area contributed by atoms with Crippen molar-refractivity contribution in [2.75, 3.05) is 13.2 Å². The zero-order valence-corrected chi connectivity index (χ0v) is 15.8. The number of hydrogen-bond acceptors (Lipinski definition) is 7. The van der Waals surface area contributed by atoms with Crippen molar-refractivity contribution in [2.24, 2.45) is 0 Å². The van der Waals surface area contributed by atoms with Crippen LogP contribution < -0.4 is 5.32 Å². The van der Waals surface area contributed by atoms with Crippen LogP contribution in [0, 0.1) is 0 Å². The number of nitrogens with zero attached hydrogens (tertiary/aromatic N) is 2. The summed E-state index contributed by atoms with van der Waals surface area (Å²) >= 11 is 0. The van der Waals surface area contributed by atoms with E-state index in [1.807, 2.05) is 18.2 Å². The summed E-state index contributed by atoms with van der Waals surface area (Å²) in [4.78, 5) is 28.1. The Morgan fingerprint density at radius 3 is 2.69 bits per heavy atom. The predicted molar refractivity (Wildman–Crippen MR) is 102 cm³/mol. The maximum atomic E-state index is 12.0. The van der Waals surface area contributed by atoms with Crippen LogP contribution in [0.25, 0.3) is 11.6 Å². The highest BCUT2D eigenvalue weighted by molar-refractivity contribution is 5.80. The van der Waals surface area contributed by atoms with Crippen LogP contribution >= 0.6 is 0 Å². The summed E-state index contributed by atoms with van der Waals surface area (Å²) in [5, 5.41) is 6.66. The lowest BCUT2D eigenvalue weighted by Gasteiger charge is -2.16. The SMILES string of the molecule is O=C(COC(=O)CCc1nc(-c2ccco2)no1)NCC1(c2ccccc2)CC1. The number of aryl methyl sites for hydroxylation is 1. The minimum absolute atomic E-state index is 0.0184. The Bertz CT molecular complexity index is 961. The number of benzene rings is 1. The maximum Gasteiger partial charge on any atom is 0.306 e. The van der Waals surface area contributed by atoms with Crippen molar-refractivity contribution in [3.05, 3.63) is 60.2 Å². The van der Waals surface area contributed by atoms with E-state index in [0.29, 0.717) is 24.0 Å². The van der Waals surface area contributed by atoms with Crippen molar-refractivity contribution in [3.63, 3.8) is 0 Å². The zero-order valence-electron chi connectivity index (χ0n) is 15.8. The second-order valence-corrected chi connectivity index (χ2v) is 7.07. The van der Waals surface area contributed by atoms with Crippen molar-refractivity contribution >= 4 is 11.9 Å². The molecule has 1 aliphatic carbocycles. The van der Waals surface area contributed by atoms with Crippen LogP contribution in [0.4, 0.5) is 0 Å². The first kappa shape index (κ1) is 18.9. The molecule has 2 heterocycles. The van der Waals surface area contributed by atoms with E-state index in [1.54, 1.807) is 12.1 Å². The average molecular weight is 395 g/mol. The summed E-state index contributed by atoms with van der Waals surface area (Å²) in [7, 11) is 0. The van der Waals surface area contributed by atoms with Gasteiger partial charge in [0.25, 0.3) is 5.91 Å². The first-order valence-corrected chi connectivity index (χ1v) is 9.49. The molecule has 8 nitrogen and oxygen atoms in total. The van der Waals surface area contributed by atoms with E-state index in [0.717, 1.165) is 12.8 Å². The third-order valence-corrected chi connectivity index (χ3v) is 4.98. The van der Waals surface area contributed by atoms with E-state index in [9.17, 15) is 9.59 Å². The molecular weight excluding hydrogens is 374 g/mol. The fourth-order valence-electron chi connectivity index (χ4n) is 3.12. The highest BCUT2D eigenvalue weighted by Crippen LogP contribution is 2.47. The zero-order chi connectivity index (χ0) is 20.1. The van der Waals surface area contributed by atoms with Crippen molar-refractivity contribution in [2.45, 2.75) is 31.1 Å². The summed E-state index contributed by atoms with van der Waals surface area (Å²) in [6.45, 7) is 0.246. The molecule has 0 saturated heterocycles. The summed E-state index contributed by atoms with van der Waals surface area (Å²) in [5.74, 6) is 0.310. The van der Waals surface area contributed by atoms with Crippen LogP contribution in [-0.2, 0) is 26.2 Å². The van der Waals surface area contributed by atoms with E-state index in [2.05, 4.69) is 27.6 Å². The van der Waals surface area contributed by atoms with Gasteiger partial charge in [-0.3, -0.25) is 9.59 Å². The van der Waals surface area contributed by atoms with Crippen molar-refractivity contribution in [1.29, 1.82) is 0 Å². The van der Waals surface area contributed by atoms with Crippen molar-refractivity contribution < 1.29 is 23.3 Å². The second kappa shape index (κ2) is 8.30. The Morgan fingerprint density at radius 2 is 1.97 bits per heavy atom. The normalized spacial score (nSPS) is 14.3. The first-order valence-electron chi connectivity index (χ1n) is 9.49. The number of carbonyl (C=O) groups is 2. The molecule has 1 fully saturated rings. The molecule has 0 spiro atoms. The summed E-state index contributed by atoms with van der Waals surface area (Å²) in [5.41, 5.74) is 1.25. The highest BCUT2D eigenvalue weighted by atomic mass is 16.5. The number of furan rings is 1. The molecule has 1 amide bonds. The topological polar surface area (TPSA) is 107 Å². The molecule has 29 heavy (non-hydrogen) atoms. The van der Waals surface area contributed by atoms with Gasteiger partial charge in [-0.2, -0.15) is 4.98 Å². The number of rotatable bonds is 9. The molecule has 0 aliphatic heterocycles. The standard InChI is InChI=1S/C21H21N3O5/c25-17(22-14-21(10-11-21)15-5-2-1-3-6-15)13-28-19(26)9-8-18-23-20(24-29-18)16-7-4-12-27-16/h1-7,12H,8-11,13-14H2,(H,22,25). The van der Waals surface area contributed by atoms with Crippen molar-refractivity contribution in [1.82, 2.24) is 15.5 Å². The monoisotopic (exact) mass is 395 g/mol. The van der Waals surface area contributed by atoms with Gasteiger partial charge in [0.05, 0.1) is 12.7 Å².